The molecule has 1 aliphatic rings. The molecule has 0 radical (unpaired) electrons. The molecule has 196 valence electrons. The molecule has 9 nitrogen and oxygen atoms in total. The number of hydrogen-bond acceptors (Lipinski definition) is 6. The average molecular weight is 560 g/mol. The summed E-state index contributed by atoms with van der Waals surface area (Å²) in [5.74, 6) is 0.745. The first-order chi connectivity index (χ1) is 17.0. The van der Waals surface area contributed by atoms with E-state index in [2.05, 4.69) is 10.6 Å². The van der Waals surface area contributed by atoms with Gasteiger partial charge in [0.25, 0.3) is 5.91 Å². The van der Waals surface area contributed by atoms with Gasteiger partial charge in [0.1, 0.15) is 23.8 Å². The predicted octanol–water partition coefficient (Wildman–Crippen LogP) is 4.74. The number of likely N-dealkylation sites (tertiary alicyclic amines) is 1. The minimum absolute atomic E-state index is 0.0658. The van der Waals surface area contributed by atoms with E-state index < -0.39 is 11.8 Å². The molecule has 0 saturated carbocycles. The second kappa shape index (κ2) is 12.1. The van der Waals surface area contributed by atoms with Crippen LogP contribution in [0.1, 0.15) is 30.1 Å². The first-order valence-corrected chi connectivity index (χ1v) is 12.4. The normalized spacial score (nSPS) is 16.1. The minimum atomic E-state index is -1.15. The summed E-state index contributed by atoms with van der Waals surface area (Å²) in [6.07, 6.45) is 0.355. The number of amides is 2. The number of nitrogens with zero attached hydrogens (tertiary/aromatic N) is 1. The Balaban J connectivity index is 1.58. The van der Waals surface area contributed by atoms with E-state index in [0.717, 1.165) is 12.8 Å². The highest BCUT2D eigenvalue weighted by molar-refractivity contribution is 6.42. The number of carboxylic acid groups (broad SMARTS) is 1. The Morgan fingerprint density at radius 3 is 2.44 bits per heavy atom. The van der Waals surface area contributed by atoms with Gasteiger partial charge in [0.05, 0.1) is 33.4 Å². The molecule has 36 heavy (non-hydrogen) atoms. The minimum Gasteiger partial charge on any atom is -0.496 e. The molecule has 0 bridgehead atoms. The predicted molar refractivity (Wildman–Crippen MR) is 141 cm³/mol. The van der Waals surface area contributed by atoms with Gasteiger partial charge in [-0.15, -0.1) is 0 Å². The highest BCUT2D eigenvalue weighted by Gasteiger charge is 2.37. The Bertz CT molecular complexity index is 1110. The maximum Gasteiger partial charge on any atom is 0.406 e. The zero-order valence-electron chi connectivity index (χ0n) is 19.9. The van der Waals surface area contributed by atoms with Crippen LogP contribution in [0.2, 0.25) is 15.1 Å². The Morgan fingerprint density at radius 1 is 1.14 bits per heavy atom. The van der Waals surface area contributed by atoms with Crippen molar-refractivity contribution < 1.29 is 24.2 Å². The molecule has 3 rings (SSSR count). The SMILES string of the molecule is COc1cc(N)c(Cl)cc1C(=O)NCC1CCN(C(C)(COc2ccc(Cl)c(Cl)c2)NC(=O)O)CC1. The van der Waals surface area contributed by atoms with Crippen LogP contribution in [0.4, 0.5) is 10.5 Å². The van der Waals surface area contributed by atoms with Crippen molar-refractivity contribution in [3.63, 3.8) is 0 Å². The Kier molecular flexibility index (Phi) is 9.41. The van der Waals surface area contributed by atoms with E-state index in [1.165, 1.54) is 19.2 Å². The molecule has 1 fully saturated rings. The fourth-order valence-electron chi connectivity index (χ4n) is 4.11. The van der Waals surface area contributed by atoms with Gasteiger partial charge < -0.3 is 30.9 Å². The number of piperidine rings is 1. The summed E-state index contributed by atoms with van der Waals surface area (Å²) in [5, 5.41) is 16.0. The van der Waals surface area contributed by atoms with E-state index in [1.807, 2.05) is 4.90 Å². The number of nitrogens with two attached hydrogens (primary N) is 1. The van der Waals surface area contributed by atoms with E-state index in [0.29, 0.717) is 52.4 Å². The average Bonchev–Trinajstić information content (AvgIpc) is 2.84. The van der Waals surface area contributed by atoms with Crippen LogP contribution in [0.3, 0.4) is 0 Å². The van der Waals surface area contributed by atoms with E-state index >= 15 is 0 Å². The van der Waals surface area contributed by atoms with Crippen LogP contribution in [0, 0.1) is 5.92 Å². The Hall–Kier alpha value is -2.59. The van der Waals surface area contributed by atoms with Gasteiger partial charge in [-0.1, -0.05) is 34.8 Å². The van der Waals surface area contributed by atoms with Gasteiger partial charge in [0.2, 0.25) is 0 Å². The monoisotopic (exact) mass is 558 g/mol. The smallest absolute Gasteiger partial charge is 0.406 e. The maximum atomic E-state index is 12.7. The molecule has 12 heteroatoms. The highest BCUT2D eigenvalue weighted by Crippen LogP contribution is 2.30. The molecular formula is C24H29Cl3N4O5. The first kappa shape index (κ1) is 28.0. The van der Waals surface area contributed by atoms with Gasteiger partial charge in [-0.05, 0) is 43.9 Å². The largest absolute Gasteiger partial charge is 0.496 e. The standard InChI is InChI=1S/C24H29Cl3N4O5/c1-24(30-23(33)34,13-36-15-3-4-17(25)18(26)9-15)31-7-5-14(6-8-31)12-29-22(32)16-10-19(27)20(28)11-21(16)35-2/h3-4,9-11,14,30H,5-8,12-13,28H2,1-2H3,(H,29,32)(H,33,34). The van der Waals surface area contributed by atoms with Crippen molar-refractivity contribution in [1.29, 1.82) is 0 Å². The summed E-state index contributed by atoms with van der Waals surface area (Å²) in [7, 11) is 1.46. The van der Waals surface area contributed by atoms with Crippen molar-refractivity contribution in [3.8, 4) is 11.5 Å². The van der Waals surface area contributed by atoms with Gasteiger partial charge in [-0.25, -0.2) is 4.79 Å². The zero-order valence-corrected chi connectivity index (χ0v) is 22.2. The Labute approximate surface area is 224 Å². The number of halogens is 3. The fraction of sp³-hybridized carbons (Fsp3) is 0.417. The number of rotatable bonds is 9. The number of carbonyl (C=O) groups is 2. The van der Waals surface area contributed by atoms with E-state index in [-0.39, 0.29) is 23.5 Å². The third-order valence-corrected chi connectivity index (χ3v) is 7.28. The van der Waals surface area contributed by atoms with Gasteiger partial charge in [0, 0.05) is 31.8 Å². The van der Waals surface area contributed by atoms with Crippen molar-refractivity contribution in [2.24, 2.45) is 5.92 Å². The van der Waals surface area contributed by atoms with Crippen LogP contribution in [0.15, 0.2) is 30.3 Å². The van der Waals surface area contributed by atoms with Gasteiger partial charge in [-0.2, -0.15) is 0 Å². The second-order valence-corrected chi connectivity index (χ2v) is 10.0. The molecule has 1 heterocycles. The van der Waals surface area contributed by atoms with Crippen molar-refractivity contribution in [2.75, 3.05) is 39.1 Å². The lowest BCUT2D eigenvalue weighted by atomic mass is 9.94. The summed E-state index contributed by atoms with van der Waals surface area (Å²) in [5.41, 5.74) is 5.46. The fourth-order valence-corrected chi connectivity index (χ4v) is 4.56. The number of nitrogens with one attached hydrogen (secondary N) is 2. The van der Waals surface area contributed by atoms with Gasteiger partial charge in [0.15, 0.2) is 0 Å². The van der Waals surface area contributed by atoms with Crippen molar-refractivity contribution >= 4 is 52.5 Å². The van der Waals surface area contributed by atoms with Crippen LogP contribution in [0.5, 0.6) is 11.5 Å². The summed E-state index contributed by atoms with van der Waals surface area (Å²) in [4.78, 5) is 26.3. The summed E-state index contributed by atoms with van der Waals surface area (Å²) >= 11 is 18.1. The maximum absolute atomic E-state index is 12.7. The van der Waals surface area contributed by atoms with Gasteiger partial charge >= 0.3 is 6.09 Å². The number of ether oxygens (including phenoxy) is 2. The molecule has 5 N–H and O–H groups in total. The number of benzene rings is 2. The lowest BCUT2D eigenvalue weighted by molar-refractivity contribution is 0.00448. The molecule has 2 amide bonds. The summed E-state index contributed by atoms with van der Waals surface area (Å²) < 4.78 is 11.1. The van der Waals surface area contributed by atoms with E-state index in [9.17, 15) is 14.7 Å². The van der Waals surface area contributed by atoms with E-state index in [4.69, 9.17) is 50.0 Å². The molecule has 1 saturated heterocycles. The van der Waals surface area contributed by atoms with Crippen LogP contribution in [-0.4, -0.2) is 61.0 Å². The second-order valence-electron chi connectivity index (χ2n) is 8.78. The molecule has 1 atom stereocenters. The van der Waals surface area contributed by atoms with Crippen LogP contribution in [0.25, 0.3) is 0 Å². The molecule has 0 aromatic heterocycles. The summed E-state index contributed by atoms with van der Waals surface area (Å²) in [6.45, 7) is 3.52. The molecular weight excluding hydrogens is 531 g/mol. The third-order valence-electron chi connectivity index (χ3n) is 6.21. The topological polar surface area (TPSA) is 126 Å². The van der Waals surface area contributed by atoms with Crippen molar-refractivity contribution in [3.05, 3.63) is 51.0 Å². The lowest BCUT2D eigenvalue weighted by Crippen LogP contribution is -2.63. The molecule has 2 aromatic carbocycles. The van der Waals surface area contributed by atoms with E-state index in [1.54, 1.807) is 25.1 Å². The molecule has 1 unspecified atom stereocenters. The van der Waals surface area contributed by atoms with Crippen LogP contribution < -0.4 is 25.8 Å². The molecule has 0 aliphatic carbocycles. The molecule has 1 aliphatic heterocycles. The first-order valence-electron chi connectivity index (χ1n) is 11.3. The number of anilines is 1. The Morgan fingerprint density at radius 2 is 1.83 bits per heavy atom. The lowest BCUT2D eigenvalue weighted by Gasteiger charge is -2.44. The van der Waals surface area contributed by atoms with Crippen molar-refractivity contribution in [2.45, 2.75) is 25.4 Å². The number of methoxy groups -OCH3 is 1. The van der Waals surface area contributed by atoms with Gasteiger partial charge in [-0.3, -0.25) is 9.69 Å². The molecule has 2 aromatic rings. The highest BCUT2D eigenvalue weighted by atomic mass is 35.5. The third kappa shape index (κ3) is 7.00. The summed E-state index contributed by atoms with van der Waals surface area (Å²) in [6, 6.07) is 7.89. The van der Waals surface area contributed by atoms with Crippen LogP contribution in [-0.2, 0) is 0 Å². The number of hydrogen-bond donors (Lipinski definition) is 4. The molecule has 0 spiro atoms. The van der Waals surface area contributed by atoms with Crippen LogP contribution >= 0.6 is 34.8 Å². The quantitative estimate of drug-likeness (QED) is 0.327. The van der Waals surface area contributed by atoms with Crippen molar-refractivity contribution in [1.82, 2.24) is 15.5 Å². The zero-order chi connectivity index (χ0) is 26.5. The number of nitrogen functional groups attached to an aromatic ring is 1. The number of carbonyl (C=O) groups excluding carboxylic acids is 1.